The molecule has 0 unspecified atom stereocenters. The molecule has 0 spiro atoms. The fourth-order valence-electron chi connectivity index (χ4n) is 2.41. The number of rotatable bonds is 6. The number of aromatic nitrogens is 2. The first kappa shape index (κ1) is 19.4. The fourth-order valence-corrected chi connectivity index (χ4v) is 2.64. The number of benzene rings is 2. The minimum absolute atomic E-state index is 0.137. The van der Waals surface area contributed by atoms with Gasteiger partial charge in [0.25, 0.3) is 5.56 Å². The zero-order valence-corrected chi connectivity index (χ0v) is 15.2. The highest BCUT2D eigenvalue weighted by Crippen LogP contribution is 2.28. The lowest BCUT2D eigenvalue weighted by Crippen LogP contribution is -2.32. The van der Waals surface area contributed by atoms with Crippen molar-refractivity contribution in [3.63, 3.8) is 0 Å². The highest BCUT2D eigenvalue weighted by Gasteiger charge is 2.09. The maximum Gasteiger partial charge on any atom is 0.328 e. The number of nitrogens with one attached hydrogen (secondary N) is 2. The van der Waals surface area contributed by atoms with Gasteiger partial charge in [0.2, 0.25) is 5.91 Å². The third-order valence-corrected chi connectivity index (χ3v) is 4.01. The van der Waals surface area contributed by atoms with Gasteiger partial charge in [-0.2, -0.15) is 0 Å². The Hall–Kier alpha value is -3.39. The number of halogens is 2. The van der Waals surface area contributed by atoms with Crippen molar-refractivity contribution in [2.45, 2.75) is 13.2 Å². The van der Waals surface area contributed by atoms with Crippen LogP contribution in [0.15, 0.2) is 64.3 Å². The lowest BCUT2D eigenvalue weighted by atomic mass is 10.2. The van der Waals surface area contributed by atoms with Gasteiger partial charge in [0.15, 0.2) is 0 Å². The number of anilines is 1. The van der Waals surface area contributed by atoms with Crippen LogP contribution in [0.2, 0.25) is 5.02 Å². The van der Waals surface area contributed by atoms with Gasteiger partial charge >= 0.3 is 5.69 Å². The lowest BCUT2D eigenvalue weighted by Gasteiger charge is -2.11. The van der Waals surface area contributed by atoms with Crippen LogP contribution in [0.5, 0.6) is 5.75 Å². The molecule has 28 heavy (non-hydrogen) atoms. The monoisotopic (exact) mass is 403 g/mol. The van der Waals surface area contributed by atoms with Crippen LogP contribution < -0.4 is 21.3 Å². The molecule has 144 valence electrons. The number of nitrogens with zero attached hydrogens (tertiary/aromatic N) is 1. The molecule has 9 heteroatoms. The smallest absolute Gasteiger partial charge is 0.328 e. The third kappa shape index (κ3) is 5.08. The lowest BCUT2D eigenvalue weighted by molar-refractivity contribution is -0.116. The molecule has 1 amide bonds. The van der Waals surface area contributed by atoms with Gasteiger partial charge < -0.3 is 10.1 Å². The van der Waals surface area contributed by atoms with Crippen LogP contribution in [0.4, 0.5) is 10.1 Å². The molecule has 7 nitrogen and oxygen atoms in total. The molecule has 0 radical (unpaired) electrons. The van der Waals surface area contributed by atoms with E-state index in [0.29, 0.717) is 17.0 Å². The zero-order chi connectivity index (χ0) is 20.1. The molecule has 2 aromatic carbocycles. The van der Waals surface area contributed by atoms with Crippen LogP contribution in [0.3, 0.4) is 0 Å². The van der Waals surface area contributed by atoms with E-state index in [9.17, 15) is 18.8 Å². The topological polar surface area (TPSA) is 93.2 Å². The number of ether oxygens (including phenoxy) is 1. The van der Waals surface area contributed by atoms with Crippen LogP contribution in [-0.4, -0.2) is 15.5 Å². The van der Waals surface area contributed by atoms with Crippen LogP contribution >= 0.6 is 11.6 Å². The predicted molar refractivity (Wildman–Crippen MR) is 102 cm³/mol. The van der Waals surface area contributed by atoms with Crippen molar-refractivity contribution >= 4 is 23.2 Å². The van der Waals surface area contributed by atoms with E-state index in [1.807, 2.05) is 0 Å². The predicted octanol–water partition coefficient (Wildman–Crippen LogP) is 2.55. The van der Waals surface area contributed by atoms with Crippen molar-refractivity contribution in [1.29, 1.82) is 0 Å². The number of carbonyl (C=O) groups is 1. The van der Waals surface area contributed by atoms with Crippen LogP contribution in [0.1, 0.15) is 5.56 Å². The van der Waals surface area contributed by atoms with E-state index in [1.54, 1.807) is 24.3 Å². The molecule has 1 aromatic heterocycles. The summed E-state index contributed by atoms with van der Waals surface area (Å²) in [6.45, 7) is -0.136. The van der Waals surface area contributed by atoms with Crippen molar-refractivity contribution < 1.29 is 13.9 Å². The summed E-state index contributed by atoms with van der Waals surface area (Å²) in [5, 5.41) is 2.86. The number of H-pyrrole nitrogens is 1. The summed E-state index contributed by atoms with van der Waals surface area (Å²) < 4.78 is 19.8. The summed E-state index contributed by atoms with van der Waals surface area (Å²) >= 11 is 6.17. The molecule has 0 fully saturated rings. The van der Waals surface area contributed by atoms with Gasteiger partial charge in [-0.1, -0.05) is 23.7 Å². The van der Waals surface area contributed by atoms with E-state index < -0.39 is 17.2 Å². The van der Waals surface area contributed by atoms with Crippen molar-refractivity contribution in [2.24, 2.45) is 0 Å². The summed E-state index contributed by atoms with van der Waals surface area (Å²) in [5.74, 6) is -0.453. The first-order chi connectivity index (χ1) is 13.4. The Morgan fingerprint density at radius 2 is 2.00 bits per heavy atom. The number of hydrogen-bond acceptors (Lipinski definition) is 4. The molecular weight excluding hydrogens is 389 g/mol. The third-order valence-electron chi connectivity index (χ3n) is 3.71. The second-order valence-corrected chi connectivity index (χ2v) is 6.26. The summed E-state index contributed by atoms with van der Waals surface area (Å²) in [6, 6.07) is 11.8. The van der Waals surface area contributed by atoms with Gasteiger partial charge in [0.1, 0.15) is 24.7 Å². The Bertz CT molecular complexity index is 1130. The largest absolute Gasteiger partial charge is 0.487 e. The molecule has 0 bridgehead atoms. The van der Waals surface area contributed by atoms with Crippen molar-refractivity contribution in [1.82, 2.24) is 9.55 Å². The summed E-state index contributed by atoms with van der Waals surface area (Å²) in [4.78, 5) is 36.8. The van der Waals surface area contributed by atoms with E-state index in [4.69, 9.17) is 16.3 Å². The quantitative estimate of drug-likeness (QED) is 0.661. The maximum atomic E-state index is 13.2. The molecule has 0 aliphatic rings. The minimum atomic E-state index is -0.679. The van der Waals surface area contributed by atoms with Crippen LogP contribution in [0.25, 0.3) is 0 Å². The first-order valence-corrected chi connectivity index (χ1v) is 8.55. The van der Waals surface area contributed by atoms with Gasteiger partial charge in [-0.05, 0) is 35.9 Å². The van der Waals surface area contributed by atoms with Crippen LogP contribution in [-0.2, 0) is 17.9 Å². The molecule has 0 saturated carbocycles. The second kappa shape index (κ2) is 8.53. The van der Waals surface area contributed by atoms with Crippen molar-refractivity contribution in [2.75, 3.05) is 5.32 Å². The van der Waals surface area contributed by atoms with Crippen molar-refractivity contribution in [3.8, 4) is 5.75 Å². The number of carbonyl (C=O) groups excluding carboxylic acids is 1. The summed E-state index contributed by atoms with van der Waals surface area (Å²) in [5.41, 5.74) is -0.158. The maximum absolute atomic E-state index is 13.2. The van der Waals surface area contributed by atoms with Gasteiger partial charge in [-0.3, -0.25) is 19.1 Å². The number of hydrogen-bond donors (Lipinski definition) is 2. The number of aromatic amines is 1. The van der Waals surface area contributed by atoms with Gasteiger partial charge in [-0.15, -0.1) is 0 Å². The second-order valence-electron chi connectivity index (χ2n) is 5.85. The van der Waals surface area contributed by atoms with E-state index in [0.717, 1.165) is 10.6 Å². The Kier molecular flexibility index (Phi) is 5.90. The van der Waals surface area contributed by atoms with Crippen LogP contribution in [0, 0.1) is 5.82 Å². The number of amides is 1. The molecule has 0 aliphatic heterocycles. The van der Waals surface area contributed by atoms with Crippen molar-refractivity contribution in [3.05, 3.63) is 92.0 Å². The van der Waals surface area contributed by atoms with E-state index in [1.165, 1.54) is 24.4 Å². The fraction of sp³-hybridized carbons (Fsp3) is 0.105. The average molecular weight is 404 g/mol. The summed E-state index contributed by atoms with van der Waals surface area (Å²) in [7, 11) is 0. The molecule has 3 rings (SSSR count). The molecule has 0 aliphatic carbocycles. The van der Waals surface area contributed by atoms with E-state index >= 15 is 0 Å². The molecule has 0 atom stereocenters. The molecule has 3 aromatic rings. The average Bonchev–Trinajstić information content (AvgIpc) is 2.63. The van der Waals surface area contributed by atoms with Gasteiger partial charge in [0.05, 0.1) is 5.02 Å². The normalized spacial score (nSPS) is 10.5. The Morgan fingerprint density at radius 1 is 1.18 bits per heavy atom. The highest BCUT2D eigenvalue weighted by molar-refractivity contribution is 6.32. The molecular formula is C19H15ClFN3O4. The van der Waals surface area contributed by atoms with E-state index in [-0.39, 0.29) is 24.0 Å². The minimum Gasteiger partial charge on any atom is -0.487 e. The molecule has 2 N–H and O–H groups in total. The molecule has 0 saturated heterocycles. The first-order valence-electron chi connectivity index (χ1n) is 8.17. The Labute approximate surface area is 163 Å². The summed E-state index contributed by atoms with van der Waals surface area (Å²) in [6.07, 6.45) is 1.23. The zero-order valence-electron chi connectivity index (χ0n) is 14.4. The van der Waals surface area contributed by atoms with Gasteiger partial charge in [0, 0.05) is 18.0 Å². The Morgan fingerprint density at radius 3 is 2.71 bits per heavy atom. The van der Waals surface area contributed by atoms with Gasteiger partial charge in [-0.25, -0.2) is 9.18 Å². The highest BCUT2D eigenvalue weighted by atomic mass is 35.5. The Balaban J connectivity index is 1.62. The standard InChI is InChI=1S/C19H15ClFN3O4/c20-15-9-14(22-18(26)10-24-7-6-17(25)23-19(24)27)4-5-16(15)28-11-12-2-1-3-13(21)8-12/h1-9H,10-11H2,(H,22,26)(H,23,25,27). The SMILES string of the molecule is O=C(Cn1ccc(=O)[nH]c1=O)Nc1ccc(OCc2cccc(F)c2)c(Cl)c1. The molecule has 1 heterocycles. The van der Waals surface area contributed by atoms with E-state index in [2.05, 4.69) is 10.3 Å².